The van der Waals surface area contributed by atoms with Gasteiger partial charge >= 0.3 is 0 Å². The first-order chi connectivity index (χ1) is 7.19. The van der Waals surface area contributed by atoms with E-state index in [2.05, 4.69) is 55.4 Å². The Bertz CT molecular complexity index is 356. The van der Waals surface area contributed by atoms with Gasteiger partial charge in [0, 0.05) is 0 Å². The molecule has 3 N–H and O–H groups in total. The number of hydrazine groups is 2. The fourth-order valence-corrected chi connectivity index (χ4v) is 1.96. The maximum Gasteiger partial charge on any atom is 0.0753 e. The van der Waals surface area contributed by atoms with Crippen LogP contribution in [0, 0.1) is 0 Å². The van der Waals surface area contributed by atoms with E-state index in [-0.39, 0.29) is 0 Å². The summed E-state index contributed by atoms with van der Waals surface area (Å²) in [7, 11) is 0. The standard InChI is InChI=1S/C12H19N3/c1-4-12(3,5-2)9-6-7-10-11(8-9)14-15-13-10/h6-8,13-15H,4-5H2,1-3H3. The largest absolute Gasteiger partial charge is 0.302 e. The van der Waals surface area contributed by atoms with Gasteiger partial charge in [0.2, 0.25) is 0 Å². The van der Waals surface area contributed by atoms with E-state index >= 15 is 0 Å². The molecule has 0 atom stereocenters. The van der Waals surface area contributed by atoms with Crippen molar-refractivity contribution in [2.24, 2.45) is 0 Å². The van der Waals surface area contributed by atoms with E-state index < -0.39 is 0 Å². The molecule has 0 radical (unpaired) electrons. The van der Waals surface area contributed by atoms with Crippen LogP contribution in [-0.2, 0) is 5.41 Å². The fraction of sp³-hybridized carbons (Fsp3) is 0.500. The lowest BCUT2D eigenvalue weighted by Crippen LogP contribution is -2.20. The predicted octanol–water partition coefficient (Wildman–Crippen LogP) is 3.02. The molecule has 1 aliphatic rings. The highest BCUT2D eigenvalue weighted by atomic mass is 15.6. The molecule has 0 amide bonds. The fourth-order valence-electron chi connectivity index (χ4n) is 1.96. The monoisotopic (exact) mass is 205 g/mol. The Hall–Kier alpha value is -1.22. The average Bonchev–Trinajstić information content (AvgIpc) is 2.74. The van der Waals surface area contributed by atoms with E-state index in [1.54, 1.807) is 0 Å². The van der Waals surface area contributed by atoms with Gasteiger partial charge in [0.25, 0.3) is 0 Å². The molecule has 1 aromatic carbocycles. The molecule has 0 unspecified atom stereocenters. The third-order valence-corrected chi connectivity index (χ3v) is 3.67. The Labute approximate surface area is 91.2 Å². The summed E-state index contributed by atoms with van der Waals surface area (Å²) in [4.78, 5) is 0. The van der Waals surface area contributed by atoms with E-state index in [9.17, 15) is 0 Å². The Kier molecular flexibility index (Phi) is 2.57. The average molecular weight is 205 g/mol. The van der Waals surface area contributed by atoms with Gasteiger partial charge in [0.1, 0.15) is 0 Å². The highest BCUT2D eigenvalue weighted by molar-refractivity contribution is 5.72. The smallest absolute Gasteiger partial charge is 0.0753 e. The van der Waals surface area contributed by atoms with Gasteiger partial charge in [-0.25, -0.2) is 0 Å². The van der Waals surface area contributed by atoms with Crippen LogP contribution in [0.5, 0.6) is 0 Å². The van der Waals surface area contributed by atoms with Gasteiger partial charge in [-0.05, 0) is 36.0 Å². The minimum Gasteiger partial charge on any atom is -0.302 e. The van der Waals surface area contributed by atoms with Crippen LogP contribution in [0.15, 0.2) is 18.2 Å². The molecule has 0 fully saturated rings. The molecule has 15 heavy (non-hydrogen) atoms. The second kappa shape index (κ2) is 3.74. The summed E-state index contributed by atoms with van der Waals surface area (Å²) in [6.07, 6.45) is 2.34. The van der Waals surface area contributed by atoms with Crippen LogP contribution in [0.2, 0.25) is 0 Å². The van der Waals surface area contributed by atoms with Crippen LogP contribution in [0.25, 0.3) is 0 Å². The summed E-state index contributed by atoms with van der Waals surface area (Å²) in [6.45, 7) is 6.83. The quantitative estimate of drug-likeness (QED) is 0.710. The van der Waals surface area contributed by atoms with Gasteiger partial charge in [0.15, 0.2) is 0 Å². The second-order valence-electron chi connectivity index (χ2n) is 4.40. The molecule has 3 heteroatoms. The van der Waals surface area contributed by atoms with Gasteiger partial charge in [-0.3, -0.25) is 0 Å². The van der Waals surface area contributed by atoms with E-state index in [0.29, 0.717) is 5.41 Å². The topological polar surface area (TPSA) is 36.1 Å². The Balaban J connectivity index is 2.37. The molecular formula is C12H19N3. The molecule has 0 saturated carbocycles. The molecule has 1 heterocycles. The SMILES string of the molecule is CCC(C)(CC)c1ccc2c(c1)NNN2. The summed E-state index contributed by atoms with van der Waals surface area (Å²) < 4.78 is 0. The van der Waals surface area contributed by atoms with Crippen molar-refractivity contribution in [3.63, 3.8) is 0 Å². The number of nitrogens with one attached hydrogen (secondary N) is 3. The van der Waals surface area contributed by atoms with Crippen molar-refractivity contribution in [3.05, 3.63) is 23.8 Å². The lowest BCUT2D eigenvalue weighted by molar-refractivity contribution is 0.439. The van der Waals surface area contributed by atoms with Gasteiger partial charge < -0.3 is 10.9 Å². The van der Waals surface area contributed by atoms with Crippen molar-refractivity contribution in [2.45, 2.75) is 39.0 Å². The van der Waals surface area contributed by atoms with Gasteiger partial charge in [-0.1, -0.05) is 26.8 Å². The van der Waals surface area contributed by atoms with Crippen LogP contribution in [-0.4, -0.2) is 0 Å². The lowest BCUT2D eigenvalue weighted by atomic mass is 9.78. The number of anilines is 2. The van der Waals surface area contributed by atoms with Gasteiger partial charge in [-0.2, -0.15) is 0 Å². The van der Waals surface area contributed by atoms with Crippen molar-refractivity contribution in [2.75, 3.05) is 10.9 Å². The Morgan fingerprint density at radius 1 is 1.07 bits per heavy atom. The summed E-state index contributed by atoms with van der Waals surface area (Å²) in [6, 6.07) is 6.57. The van der Waals surface area contributed by atoms with Crippen LogP contribution >= 0.6 is 0 Å². The zero-order valence-electron chi connectivity index (χ0n) is 9.65. The molecule has 2 rings (SSSR count). The first-order valence-corrected chi connectivity index (χ1v) is 5.61. The Morgan fingerprint density at radius 2 is 1.73 bits per heavy atom. The molecule has 1 aliphatic heterocycles. The number of fused-ring (bicyclic) bond motifs is 1. The van der Waals surface area contributed by atoms with Crippen molar-refractivity contribution < 1.29 is 0 Å². The summed E-state index contributed by atoms with van der Waals surface area (Å²) in [5, 5.41) is 0. The van der Waals surface area contributed by atoms with Crippen LogP contribution < -0.4 is 16.4 Å². The summed E-state index contributed by atoms with van der Waals surface area (Å²) >= 11 is 0. The first kappa shape index (κ1) is 10.3. The van der Waals surface area contributed by atoms with Crippen LogP contribution in [0.4, 0.5) is 11.4 Å². The van der Waals surface area contributed by atoms with Crippen molar-refractivity contribution >= 4 is 11.4 Å². The van der Waals surface area contributed by atoms with E-state index in [4.69, 9.17) is 0 Å². The van der Waals surface area contributed by atoms with E-state index in [1.807, 2.05) is 0 Å². The molecule has 0 aromatic heterocycles. The second-order valence-corrected chi connectivity index (χ2v) is 4.40. The third kappa shape index (κ3) is 1.67. The predicted molar refractivity (Wildman–Crippen MR) is 64.8 cm³/mol. The number of hydrogen-bond donors (Lipinski definition) is 3. The lowest BCUT2D eigenvalue weighted by Gasteiger charge is -2.27. The highest BCUT2D eigenvalue weighted by Gasteiger charge is 2.23. The molecule has 0 aliphatic carbocycles. The molecular weight excluding hydrogens is 186 g/mol. The number of hydrogen-bond acceptors (Lipinski definition) is 3. The molecule has 0 saturated heterocycles. The summed E-state index contributed by atoms with van der Waals surface area (Å²) in [5.41, 5.74) is 13.0. The Morgan fingerprint density at radius 3 is 2.40 bits per heavy atom. The first-order valence-electron chi connectivity index (χ1n) is 5.61. The normalized spacial score (nSPS) is 14.3. The van der Waals surface area contributed by atoms with Crippen molar-refractivity contribution in [1.82, 2.24) is 5.53 Å². The number of rotatable bonds is 3. The minimum absolute atomic E-state index is 0.291. The molecule has 82 valence electrons. The van der Waals surface area contributed by atoms with Crippen LogP contribution in [0.3, 0.4) is 0 Å². The van der Waals surface area contributed by atoms with E-state index in [1.165, 1.54) is 18.4 Å². The zero-order valence-corrected chi connectivity index (χ0v) is 9.65. The maximum atomic E-state index is 3.10. The molecule has 3 nitrogen and oxygen atoms in total. The van der Waals surface area contributed by atoms with E-state index in [0.717, 1.165) is 11.4 Å². The minimum atomic E-state index is 0.291. The highest BCUT2D eigenvalue weighted by Crippen LogP contribution is 2.35. The number of benzene rings is 1. The van der Waals surface area contributed by atoms with Crippen molar-refractivity contribution in [1.29, 1.82) is 0 Å². The van der Waals surface area contributed by atoms with Crippen molar-refractivity contribution in [3.8, 4) is 0 Å². The molecule has 1 aromatic rings. The molecule has 0 spiro atoms. The third-order valence-electron chi connectivity index (χ3n) is 3.67. The summed E-state index contributed by atoms with van der Waals surface area (Å²) in [5.74, 6) is 0. The van der Waals surface area contributed by atoms with Crippen LogP contribution in [0.1, 0.15) is 39.2 Å². The van der Waals surface area contributed by atoms with Gasteiger partial charge in [-0.15, -0.1) is 5.53 Å². The zero-order chi connectivity index (χ0) is 10.9. The maximum absolute atomic E-state index is 3.10. The molecule has 0 bridgehead atoms. The van der Waals surface area contributed by atoms with Gasteiger partial charge in [0.05, 0.1) is 11.4 Å².